The largest absolute Gasteiger partial charge is 0.443 e. The van der Waals surface area contributed by atoms with Crippen molar-refractivity contribution in [3.05, 3.63) is 65.2 Å². The van der Waals surface area contributed by atoms with E-state index in [4.69, 9.17) is 10.00 Å². The van der Waals surface area contributed by atoms with Crippen molar-refractivity contribution in [1.29, 1.82) is 5.26 Å². The molecule has 0 radical (unpaired) electrons. The van der Waals surface area contributed by atoms with E-state index in [2.05, 4.69) is 6.58 Å². The number of ether oxygens (including phenoxy) is 1. The molecule has 0 saturated carbocycles. The molecule has 0 fully saturated rings. The van der Waals surface area contributed by atoms with Crippen molar-refractivity contribution < 1.29 is 19.1 Å². The number of anilines is 1. The average molecular weight is 460 g/mol. The van der Waals surface area contributed by atoms with E-state index >= 15 is 0 Å². The summed E-state index contributed by atoms with van der Waals surface area (Å²) in [5, 5.41) is 9.06. The minimum Gasteiger partial charge on any atom is -0.443 e. The summed E-state index contributed by atoms with van der Waals surface area (Å²) in [6, 6.07) is 13.1. The SMILES string of the molecule is C=C(C#N)CN1Cc2c(cccc2-c2ccc(N(C=O)C(=O)OC(C)(C)C)c(C(C)C)c2)C1=O. The first-order valence-electron chi connectivity index (χ1n) is 11.1. The van der Waals surface area contributed by atoms with E-state index in [0.29, 0.717) is 29.8 Å². The molecule has 1 aliphatic heterocycles. The summed E-state index contributed by atoms with van der Waals surface area (Å²) in [4.78, 5) is 40.0. The second kappa shape index (κ2) is 9.52. The standard InChI is InChI=1S/C27H29N3O4/c1-17(2)22-12-19(10-11-24(22)30(16-31)26(33)34-27(4,5)6)20-8-7-9-21-23(20)15-29(25(21)32)14-18(3)13-28/h7-12,16-17H,3,14-15H2,1-2,4-6H3. The van der Waals surface area contributed by atoms with E-state index < -0.39 is 11.7 Å². The molecule has 1 aliphatic rings. The number of carbonyl (C=O) groups is 3. The zero-order chi connectivity index (χ0) is 25.2. The molecule has 0 N–H and O–H groups in total. The zero-order valence-electron chi connectivity index (χ0n) is 20.2. The first-order chi connectivity index (χ1) is 16.0. The average Bonchev–Trinajstić information content (AvgIpc) is 3.08. The molecular formula is C27H29N3O4. The van der Waals surface area contributed by atoms with Crippen LogP contribution in [0.1, 0.15) is 62.0 Å². The van der Waals surface area contributed by atoms with Crippen LogP contribution in [0.3, 0.4) is 0 Å². The van der Waals surface area contributed by atoms with Crippen LogP contribution < -0.4 is 4.90 Å². The Bertz CT molecular complexity index is 1200. The van der Waals surface area contributed by atoms with E-state index in [1.54, 1.807) is 37.8 Å². The third-order valence-electron chi connectivity index (χ3n) is 5.50. The van der Waals surface area contributed by atoms with E-state index in [1.165, 1.54) is 0 Å². The summed E-state index contributed by atoms with van der Waals surface area (Å²) in [6.07, 6.45) is -0.273. The topological polar surface area (TPSA) is 90.7 Å². The van der Waals surface area contributed by atoms with Crippen molar-refractivity contribution in [3.63, 3.8) is 0 Å². The normalized spacial score (nSPS) is 12.9. The molecule has 0 atom stereocenters. The molecule has 0 unspecified atom stereocenters. The Kier molecular flexibility index (Phi) is 6.92. The summed E-state index contributed by atoms with van der Waals surface area (Å²) in [6.45, 7) is 13.4. The molecule has 176 valence electrons. The Hall–Kier alpha value is -3.92. The summed E-state index contributed by atoms with van der Waals surface area (Å²) >= 11 is 0. The Morgan fingerprint density at radius 1 is 1.26 bits per heavy atom. The summed E-state index contributed by atoms with van der Waals surface area (Å²) in [7, 11) is 0. The summed E-state index contributed by atoms with van der Waals surface area (Å²) in [5.41, 5.74) is 4.07. The van der Waals surface area contributed by atoms with E-state index in [1.807, 2.05) is 44.2 Å². The Balaban J connectivity index is 2.03. The van der Waals surface area contributed by atoms with Gasteiger partial charge in [0.25, 0.3) is 5.91 Å². The monoisotopic (exact) mass is 459 g/mol. The minimum atomic E-state index is -0.740. The lowest BCUT2D eigenvalue weighted by Gasteiger charge is -2.26. The fraction of sp³-hybridized carbons (Fsp3) is 0.333. The molecule has 3 rings (SSSR count). The van der Waals surface area contributed by atoms with Crippen molar-refractivity contribution in [1.82, 2.24) is 4.90 Å². The minimum absolute atomic E-state index is 0.00804. The van der Waals surface area contributed by atoms with E-state index in [9.17, 15) is 14.4 Å². The van der Waals surface area contributed by atoms with Gasteiger partial charge in [-0.25, -0.2) is 9.69 Å². The number of hydrogen-bond acceptors (Lipinski definition) is 5. The van der Waals surface area contributed by atoms with Gasteiger partial charge in [0.05, 0.1) is 18.3 Å². The van der Waals surface area contributed by atoms with Gasteiger partial charge in [0, 0.05) is 17.7 Å². The lowest BCUT2D eigenvalue weighted by atomic mass is 9.92. The van der Waals surface area contributed by atoms with Gasteiger partial charge in [-0.1, -0.05) is 38.6 Å². The quantitative estimate of drug-likeness (QED) is 0.425. The molecule has 7 nitrogen and oxygen atoms in total. The predicted octanol–water partition coefficient (Wildman–Crippen LogP) is 5.41. The number of hydrogen-bond donors (Lipinski definition) is 0. The van der Waals surface area contributed by atoms with Gasteiger partial charge in [0.1, 0.15) is 5.60 Å². The third-order valence-corrected chi connectivity index (χ3v) is 5.50. The molecule has 0 spiro atoms. The van der Waals surface area contributed by atoms with Gasteiger partial charge in [-0.15, -0.1) is 0 Å². The molecule has 34 heavy (non-hydrogen) atoms. The Labute approximate surface area is 200 Å². The van der Waals surface area contributed by atoms with Crippen molar-refractivity contribution in [2.24, 2.45) is 0 Å². The van der Waals surface area contributed by atoms with Crippen LogP contribution in [0.25, 0.3) is 11.1 Å². The number of benzene rings is 2. The van der Waals surface area contributed by atoms with Crippen LogP contribution in [-0.2, 0) is 16.1 Å². The number of amides is 3. The molecule has 0 aliphatic carbocycles. The first kappa shape index (κ1) is 24.7. The number of fused-ring (bicyclic) bond motifs is 1. The number of nitrogens with zero attached hydrogens (tertiary/aromatic N) is 3. The van der Waals surface area contributed by atoms with Crippen molar-refractivity contribution in [2.75, 3.05) is 11.4 Å². The highest BCUT2D eigenvalue weighted by atomic mass is 16.6. The van der Waals surface area contributed by atoms with Gasteiger partial charge < -0.3 is 9.64 Å². The van der Waals surface area contributed by atoms with Crippen LogP contribution in [-0.4, -0.2) is 35.5 Å². The second-order valence-corrected chi connectivity index (χ2v) is 9.59. The first-order valence-corrected chi connectivity index (χ1v) is 11.1. The zero-order valence-corrected chi connectivity index (χ0v) is 20.2. The molecule has 2 aromatic carbocycles. The highest BCUT2D eigenvalue weighted by Crippen LogP contribution is 2.37. The highest BCUT2D eigenvalue weighted by molar-refractivity contribution is 6.05. The van der Waals surface area contributed by atoms with Crippen molar-refractivity contribution >= 4 is 24.1 Å². The summed E-state index contributed by atoms with van der Waals surface area (Å²) in [5.74, 6) is -0.125. The van der Waals surface area contributed by atoms with Gasteiger partial charge in [0.2, 0.25) is 6.41 Å². The van der Waals surface area contributed by atoms with Crippen LogP contribution in [0.15, 0.2) is 48.6 Å². The smallest absolute Gasteiger partial charge is 0.421 e. The third kappa shape index (κ3) is 5.01. The van der Waals surface area contributed by atoms with Crippen molar-refractivity contribution in [3.8, 4) is 17.2 Å². The van der Waals surface area contributed by atoms with Gasteiger partial charge >= 0.3 is 6.09 Å². The highest BCUT2D eigenvalue weighted by Gasteiger charge is 2.30. The van der Waals surface area contributed by atoms with E-state index in [-0.39, 0.29) is 18.4 Å². The molecule has 0 bridgehead atoms. The lowest BCUT2D eigenvalue weighted by Crippen LogP contribution is -2.36. The maximum absolute atomic E-state index is 12.9. The van der Waals surface area contributed by atoms with Gasteiger partial charge in [0.15, 0.2) is 0 Å². The van der Waals surface area contributed by atoms with Gasteiger partial charge in [-0.2, -0.15) is 5.26 Å². The molecule has 0 aromatic heterocycles. The summed E-state index contributed by atoms with van der Waals surface area (Å²) < 4.78 is 5.40. The lowest BCUT2D eigenvalue weighted by molar-refractivity contribution is -0.107. The number of rotatable bonds is 6. The number of nitriles is 1. The second-order valence-electron chi connectivity index (χ2n) is 9.59. The van der Waals surface area contributed by atoms with Crippen LogP contribution >= 0.6 is 0 Å². The molecule has 2 aromatic rings. The fourth-order valence-electron chi connectivity index (χ4n) is 3.97. The number of carbonyl (C=O) groups excluding carboxylic acids is 3. The molecular weight excluding hydrogens is 430 g/mol. The molecule has 1 heterocycles. The van der Waals surface area contributed by atoms with Crippen LogP contribution in [0.4, 0.5) is 10.5 Å². The fourth-order valence-corrected chi connectivity index (χ4v) is 3.97. The Morgan fingerprint density at radius 2 is 1.94 bits per heavy atom. The molecule has 7 heteroatoms. The van der Waals surface area contributed by atoms with Gasteiger partial charge in [-0.3, -0.25) is 9.59 Å². The van der Waals surface area contributed by atoms with Crippen LogP contribution in [0.5, 0.6) is 0 Å². The maximum Gasteiger partial charge on any atom is 0.421 e. The van der Waals surface area contributed by atoms with E-state index in [0.717, 1.165) is 27.2 Å². The van der Waals surface area contributed by atoms with Crippen LogP contribution in [0, 0.1) is 11.3 Å². The Morgan fingerprint density at radius 3 is 2.53 bits per heavy atom. The maximum atomic E-state index is 12.9. The molecule has 0 saturated heterocycles. The molecule has 3 amide bonds. The predicted molar refractivity (Wildman–Crippen MR) is 130 cm³/mol. The van der Waals surface area contributed by atoms with Crippen molar-refractivity contribution in [2.45, 2.75) is 52.7 Å². The van der Waals surface area contributed by atoms with Gasteiger partial charge in [-0.05, 0) is 67.1 Å². The number of imide groups is 1. The van der Waals surface area contributed by atoms with Crippen LogP contribution in [0.2, 0.25) is 0 Å².